The smallest absolute Gasteiger partial charge is 0.276 e. The first-order chi connectivity index (χ1) is 8.52. The van der Waals surface area contributed by atoms with Gasteiger partial charge < -0.3 is 5.73 Å². The number of nitrogens with two attached hydrogens (primary N) is 1. The van der Waals surface area contributed by atoms with Gasteiger partial charge in [-0.1, -0.05) is 6.07 Å². The van der Waals surface area contributed by atoms with Crippen LogP contribution in [0.25, 0.3) is 0 Å². The van der Waals surface area contributed by atoms with Crippen molar-refractivity contribution in [2.75, 3.05) is 0 Å². The number of aromatic amines is 1. The Bertz CT molecular complexity index is 652. The largest absolute Gasteiger partial charge is 0.325 e. The van der Waals surface area contributed by atoms with Crippen LogP contribution >= 0.6 is 0 Å². The second kappa shape index (κ2) is 4.62. The molecule has 18 heavy (non-hydrogen) atoms. The van der Waals surface area contributed by atoms with E-state index < -0.39 is 0 Å². The van der Waals surface area contributed by atoms with Gasteiger partial charge in [-0.15, -0.1) is 0 Å². The number of nitrogens with zero attached hydrogens (tertiary/aromatic N) is 1. The van der Waals surface area contributed by atoms with Crippen molar-refractivity contribution < 1.29 is 4.79 Å². The molecule has 2 aromatic rings. The second-order valence-corrected chi connectivity index (χ2v) is 4.26. The SMILES string of the molecule is Cc1ccc(C(=O)n2[nH]c(=O)cc2CN)cc1C. The molecule has 0 bridgehead atoms. The van der Waals surface area contributed by atoms with Gasteiger partial charge in [0.25, 0.3) is 11.5 Å². The average Bonchev–Trinajstić information content (AvgIpc) is 2.73. The number of hydrogen-bond acceptors (Lipinski definition) is 3. The highest BCUT2D eigenvalue weighted by atomic mass is 16.2. The lowest BCUT2D eigenvalue weighted by molar-refractivity contribution is 0.0941. The first-order valence-corrected chi connectivity index (χ1v) is 5.66. The van der Waals surface area contributed by atoms with Gasteiger partial charge in [-0.25, -0.2) is 4.68 Å². The third kappa shape index (κ3) is 2.12. The Labute approximate surface area is 104 Å². The molecule has 5 heteroatoms. The molecule has 0 amide bonds. The van der Waals surface area contributed by atoms with Crippen LogP contribution in [-0.4, -0.2) is 15.7 Å². The first kappa shape index (κ1) is 12.3. The maximum absolute atomic E-state index is 12.2. The second-order valence-electron chi connectivity index (χ2n) is 4.26. The molecule has 1 aromatic carbocycles. The molecule has 0 unspecified atom stereocenters. The van der Waals surface area contributed by atoms with E-state index >= 15 is 0 Å². The van der Waals surface area contributed by atoms with Crippen molar-refractivity contribution in [2.24, 2.45) is 5.73 Å². The summed E-state index contributed by atoms with van der Waals surface area (Å²) in [7, 11) is 0. The number of carbonyl (C=O) groups is 1. The van der Waals surface area contributed by atoms with E-state index in [2.05, 4.69) is 5.10 Å². The Morgan fingerprint density at radius 2 is 2.00 bits per heavy atom. The molecule has 0 atom stereocenters. The minimum atomic E-state index is -0.326. The summed E-state index contributed by atoms with van der Waals surface area (Å²) in [4.78, 5) is 23.5. The zero-order chi connectivity index (χ0) is 13.3. The van der Waals surface area contributed by atoms with Crippen LogP contribution in [0.3, 0.4) is 0 Å². The summed E-state index contributed by atoms with van der Waals surface area (Å²) >= 11 is 0. The van der Waals surface area contributed by atoms with Gasteiger partial charge in [0.1, 0.15) is 0 Å². The van der Waals surface area contributed by atoms with Crippen molar-refractivity contribution in [3.05, 3.63) is 57.0 Å². The van der Waals surface area contributed by atoms with E-state index in [4.69, 9.17) is 5.73 Å². The van der Waals surface area contributed by atoms with Gasteiger partial charge in [-0.3, -0.25) is 14.7 Å². The molecule has 3 N–H and O–H groups in total. The summed E-state index contributed by atoms with van der Waals surface area (Å²) in [6.45, 7) is 4.05. The number of H-pyrrole nitrogens is 1. The number of aromatic nitrogens is 2. The Hall–Kier alpha value is -2.14. The lowest BCUT2D eigenvalue weighted by Gasteiger charge is -2.07. The van der Waals surface area contributed by atoms with E-state index in [0.717, 1.165) is 11.1 Å². The van der Waals surface area contributed by atoms with E-state index in [1.54, 1.807) is 12.1 Å². The van der Waals surface area contributed by atoms with E-state index in [-0.39, 0.29) is 18.0 Å². The summed E-state index contributed by atoms with van der Waals surface area (Å²) < 4.78 is 1.20. The van der Waals surface area contributed by atoms with Crippen LogP contribution in [0.15, 0.2) is 29.1 Å². The van der Waals surface area contributed by atoms with Crippen LogP contribution in [0.4, 0.5) is 0 Å². The van der Waals surface area contributed by atoms with E-state index in [0.29, 0.717) is 11.3 Å². The fourth-order valence-electron chi connectivity index (χ4n) is 1.77. The molecule has 94 valence electrons. The fourth-order valence-corrected chi connectivity index (χ4v) is 1.77. The maximum Gasteiger partial charge on any atom is 0.276 e. The summed E-state index contributed by atoms with van der Waals surface area (Å²) in [5.41, 5.74) is 8.33. The number of rotatable bonds is 2. The molecule has 0 radical (unpaired) electrons. The Morgan fingerprint density at radius 1 is 1.28 bits per heavy atom. The molecule has 0 spiro atoms. The van der Waals surface area contributed by atoms with Crippen LogP contribution in [0.1, 0.15) is 27.2 Å². The predicted molar refractivity (Wildman–Crippen MR) is 68.6 cm³/mol. The highest BCUT2D eigenvalue weighted by Crippen LogP contribution is 2.11. The summed E-state index contributed by atoms with van der Waals surface area (Å²) in [6, 6.07) is 6.75. The topological polar surface area (TPSA) is 80.9 Å². The van der Waals surface area contributed by atoms with Crippen molar-refractivity contribution in [2.45, 2.75) is 20.4 Å². The van der Waals surface area contributed by atoms with Crippen LogP contribution < -0.4 is 11.3 Å². The van der Waals surface area contributed by atoms with Gasteiger partial charge in [-0.05, 0) is 37.1 Å². The zero-order valence-corrected chi connectivity index (χ0v) is 10.4. The summed E-state index contributed by atoms with van der Waals surface area (Å²) in [5, 5.41) is 2.46. The van der Waals surface area contributed by atoms with Crippen molar-refractivity contribution in [1.82, 2.24) is 9.78 Å². The predicted octanol–water partition coefficient (Wildman–Crippen LogP) is 0.940. The number of nitrogens with one attached hydrogen (secondary N) is 1. The van der Waals surface area contributed by atoms with E-state index in [9.17, 15) is 9.59 Å². The van der Waals surface area contributed by atoms with Crippen LogP contribution in [0.2, 0.25) is 0 Å². The molecule has 0 aliphatic rings. The molecule has 0 aliphatic heterocycles. The average molecular weight is 245 g/mol. The Balaban J connectivity index is 2.47. The van der Waals surface area contributed by atoms with Crippen LogP contribution in [0, 0.1) is 13.8 Å². The summed E-state index contributed by atoms with van der Waals surface area (Å²) in [6.07, 6.45) is 0. The van der Waals surface area contributed by atoms with Gasteiger partial charge in [0.05, 0.1) is 5.69 Å². The lowest BCUT2D eigenvalue weighted by atomic mass is 10.1. The van der Waals surface area contributed by atoms with Gasteiger partial charge >= 0.3 is 0 Å². The molecule has 1 aromatic heterocycles. The summed E-state index contributed by atoms with van der Waals surface area (Å²) in [5.74, 6) is -0.277. The van der Waals surface area contributed by atoms with E-state index in [1.807, 2.05) is 19.9 Å². The normalized spacial score (nSPS) is 10.6. The molecule has 0 aliphatic carbocycles. The van der Waals surface area contributed by atoms with Gasteiger partial charge in [0.2, 0.25) is 0 Å². The maximum atomic E-state index is 12.2. The Kier molecular flexibility index (Phi) is 3.16. The fraction of sp³-hybridized carbons (Fsp3) is 0.231. The molecular weight excluding hydrogens is 230 g/mol. The monoisotopic (exact) mass is 245 g/mol. The third-order valence-corrected chi connectivity index (χ3v) is 2.97. The van der Waals surface area contributed by atoms with Crippen LogP contribution in [-0.2, 0) is 6.54 Å². The molecule has 2 rings (SSSR count). The number of carbonyl (C=O) groups excluding carboxylic acids is 1. The standard InChI is InChI=1S/C13H15N3O2/c1-8-3-4-10(5-9(8)2)13(18)16-11(7-14)6-12(17)15-16/h3-6H,7,14H2,1-2H3,(H,15,17). The van der Waals surface area contributed by atoms with Gasteiger partial charge in [0.15, 0.2) is 0 Å². The van der Waals surface area contributed by atoms with Crippen LogP contribution in [0.5, 0.6) is 0 Å². The van der Waals surface area contributed by atoms with Crippen molar-refractivity contribution in [3.63, 3.8) is 0 Å². The minimum Gasteiger partial charge on any atom is -0.325 e. The first-order valence-electron chi connectivity index (χ1n) is 5.66. The molecule has 1 heterocycles. The van der Waals surface area contributed by atoms with Gasteiger partial charge in [-0.2, -0.15) is 0 Å². The molecular formula is C13H15N3O2. The van der Waals surface area contributed by atoms with Crippen molar-refractivity contribution >= 4 is 5.91 Å². The van der Waals surface area contributed by atoms with Gasteiger partial charge in [0, 0.05) is 18.2 Å². The molecule has 0 fully saturated rings. The zero-order valence-electron chi connectivity index (χ0n) is 10.4. The van der Waals surface area contributed by atoms with Crippen molar-refractivity contribution in [1.29, 1.82) is 0 Å². The van der Waals surface area contributed by atoms with Crippen molar-refractivity contribution in [3.8, 4) is 0 Å². The van der Waals surface area contributed by atoms with E-state index in [1.165, 1.54) is 10.7 Å². The molecule has 5 nitrogen and oxygen atoms in total. The quantitative estimate of drug-likeness (QED) is 0.826. The highest BCUT2D eigenvalue weighted by Gasteiger charge is 2.13. The number of hydrogen-bond donors (Lipinski definition) is 2. The number of benzene rings is 1. The number of aryl methyl sites for hydroxylation is 2. The molecule has 0 saturated carbocycles. The molecule has 0 saturated heterocycles. The lowest BCUT2D eigenvalue weighted by Crippen LogP contribution is -2.19. The Morgan fingerprint density at radius 3 is 2.61 bits per heavy atom. The highest BCUT2D eigenvalue weighted by molar-refractivity contribution is 5.96. The third-order valence-electron chi connectivity index (χ3n) is 2.97. The minimum absolute atomic E-state index is 0.134.